The topological polar surface area (TPSA) is 41.9 Å². The predicted molar refractivity (Wildman–Crippen MR) is 72.8 cm³/mol. The van der Waals surface area contributed by atoms with Crippen molar-refractivity contribution in [2.45, 2.75) is 18.6 Å². The molecule has 3 rings (SSSR count). The van der Waals surface area contributed by atoms with Crippen LogP contribution in [0, 0.1) is 0 Å². The molecule has 2 aliphatic rings. The van der Waals surface area contributed by atoms with E-state index in [1.54, 1.807) is 0 Å². The number of halogens is 1. The third-order valence-corrected chi connectivity index (χ3v) is 3.89. The van der Waals surface area contributed by atoms with Crippen LogP contribution >= 0.6 is 11.6 Å². The molecule has 4 nitrogen and oxygen atoms in total. The van der Waals surface area contributed by atoms with E-state index in [1.165, 1.54) is 5.56 Å². The maximum Gasteiger partial charge on any atom is 0.123 e. The number of ether oxygens (including phenoxy) is 2. The lowest BCUT2D eigenvalue weighted by molar-refractivity contribution is -0.0589. The third kappa shape index (κ3) is 3.03. The van der Waals surface area contributed by atoms with Gasteiger partial charge in [0.15, 0.2) is 0 Å². The van der Waals surface area contributed by atoms with E-state index in [-0.39, 0.29) is 18.8 Å². The Hall–Kier alpha value is -0.810. The molecule has 0 spiro atoms. The number of aliphatic hydroxyl groups is 1. The van der Waals surface area contributed by atoms with E-state index in [9.17, 15) is 0 Å². The third-order valence-electron chi connectivity index (χ3n) is 3.65. The zero-order valence-corrected chi connectivity index (χ0v) is 11.5. The lowest BCUT2D eigenvalue weighted by atomic mass is 10.1. The Kier molecular flexibility index (Phi) is 3.93. The molecule has 1 fully saturated rings. The SMILES string of the molecule is OCC1CN(CC2Cc3cc(Cl)ccc3O2)CCO1. The first-order chi connectivity index (χ1) is 9.24. The molecule has 2 unspecified atom stereocenters. The summed E-state index contributed by atoms with van der Waals surface area (Å²) in [6.45, 7) is 3.29. The molecule has 104 valence electrons. The van der Waals surface area contributed by atoms with E-state index in [1.807, 2.05) is 18.2 Å². The average molecular weight is 284 g/mol. The van der Waals surface area contributed by atoms with Gasteiger partial charge in [-0.05, 0) is 23.8 Å². The molecule has 1 N–H and O–H groups in total. The maximum atomic E-state index is 9.14. The van der Waals surface area contributed by atoms with Crippen molar-refractivity contribution >= 4 is 11.6 Å². The summed E-state index contributed by atoms with van der Waals surface area (Å²) in [5, 5.41) is 9.90. The summed E-state index contributed by atoms with van der Waals surface area (Å²) in [5.41, 5.74) is 1.18. The highest BCUT2D eigenvalue weighted by Gasteiger charge is 2.27. The lowest BCUT2D eigenvalue weighted by Gasteiger charge is -2.33. The first-order valence-electron chi connectivity index (χ1n) is 6.64. The quantitative estimate of drug-likeness (QED) is 0.909. The van der Waals surface area contributed by atoms with Crippen LogP contribution in [-0.2, 0) is 11.2 Å². The van der Waals surface area contributed by atoms with Gasteiger partial charge in [-0.2, -0.15) is 0 Å². The van der Waals surface area contributed by atoms with Gasteiger partial charge in [0.1, 0.15) is 11.9 Å². The van der Waals surface area contributed by atoms with Crippen molar-refractivity contribution in [3.05, 3.63) is 28.8 Å². The van der Waals surface area contributed by atoms with E-state index in [0.29, 0.717) is 6.61 Å². The highest BCUT2D eigenvalue weighted by molar-refractivity contribution is 6.30. The molecular formula is C14H18ClNO3. The van der Waals surface area contributed by atoms with Gasteiger partial charge in [-0.3, -0.25) is 4.90 Å². The molecule has 1 aromatic rings. The van der Waals surface area contributed by atoms with E-state index >= 15 is 0 Å². The number of hydrogen-bond acceptors (Lipinski definition) is 4. The zero-order valence-electron chi connectivity index (χ0n) is 10.7. The van der Waals surface area contributed by atoms with Crippen LogP contribution in [0.1, 0.15) is 5.56 Å². The van der Waals surface area contributed by atoms with Crippen LogP contribution in [0.5, 0.6) is 5.75 Å². The number of rotatable bonds is 3. The number of benzene rings is 1. The summed E-state index contributed by atoms with van der Waals surface area (Å²) in [6, 6.07) is 5.78. The van der Waals surface area contributed by atoms with Crippen molar-refractivity contribution in [1.82, 2.24) is 4.90 Å². The van der Waals surface area contributed by atoms with E-state index in [2.05, 4.69) is 4.90 Å². The molecule has 2 atom stereocenters. The number of nitrogens with zero attached hydrogens (tertiary/aromatic N) is 1. The maximum absolute atomic E-state index is 9.14. The van der Waals surface area contributed by atoms with Crippen molar-refractivity contribution < 1.29 is 14.6 Å². The molecule has 1 saturated heterocycles. The molecule has 19 heavy (non-hydrogen) atoms. The van der Waals surface area contributed by atoms with Crippen LogP contribution in [0.2, 0.25) is 5.02 Å². The van der Waals surface area contributed by atoms with Crippen molar-refractivity contribution in [2.75, 3.05) is 32.8 Å². The van der Waals surface area contributed by atoms with Crippen molar-refractivity contribution in [3.8, 4) is 5.75 Å². The average Bonchev–Trinajstić information content (AvgIpc) is 2.80. The van der Waals surface area contributed by atoms with Crippen molar-refractivity contribution in [2.24, 2.45) is 0 Å². The van der Waals surface area contributed by atoms with E-state index in [4.69, 9.17) is 26.2 Å². The Bertz CT molecular complexity index is 454. The summed E-state index contributed by atoms with van der Waals surface area (Å²) in [6.07, 6.45) is 1.01. The van der Waals surface area contributed by atoms with Crippen LogP contribution < -0.4 is 4.74 Å². The van der Waals surface area contributed by atoms with E-state index in [0.717, 1.165) is 36.8 Å². The summed E-state index contributed by atoms with van der Waals surface area (Å²) in [5.74, 6) is 0.946. The normalized spacial score (nSPS) is 27.1. The lowest BCUT2D eigenvalue weighted by Crippen LogP contribution is -2.47. The minimum atomic E-state index is -0.0630. The number of hydrogen-bond donors (Lipinski definition) is 1. The van der Waals surface area contributed by atoms with Crippen molar-refractivity contribution in [1.29, 1.82) is 0 Å². The molecule has 2 aliphatic heterocycles. The summed E-state index contributed by atoms with van der Waals surface area (Å²) in [7, 11) is 0. The Labute approximate surface area is 117 Å². The molecule has 2 heterocycles. The second-order valence-electron chi connectivity index (χ2n) is 5.13. The molecular weight excluding hydrogens is 266 g/mol. The first kappa shape index (κ1) is 13.2. The van der Waals surface area contributed by atoms with Crippen LogP contribution in [-0.4, -0.2) is 55.1 Å². The zero-order chi connectivity index (χ0) is 13.2. The Morgan fingerprint density at radius 2 is 2.26 bits per heavy atom. The van der Waals surface area contributed by atoms with Crippen LogP contribution in [0.25, 0.3) is 0 Å². The fourth-order valence-corrected chi connectivity index (χ4v) is 2.93. The van der Waals surface area contributed by atoms with Gasteiger partial charge in [0, 0.05) is 31.1 Å². The van der Waals surface area contributed by atoms with Gasteiger partial charge < -0.3 is 14.6 Å². The summed E-state index contributed by atoms with van der Waals surface area (Å²) >= 11 is 5.99. The summed E-state index contributed by atoms with van der Waals surface area (Å²) in [4.78, 5) is 2.29. The molecule has 1 aromatic carbocycles. The Morgan fingerprint density at radius 1 is 1.37 bits per heavy atom. The number of aliphatic hydroxyl groups excluding tert-OH is 1. The number of fused-ring (bicyclic) bond motifs is 1. The van der Waals surface area contributed by atoms with Gasteiger partial charge in [0.25, 0.3) is 0 Å². The second-order valence-corrected chi connectivity index (χ2v) is 5.57. The van der Waals surface area contributed by atoms with Gasteiger partial charge in [-0.25, -0.2) is 0 Å². The van der Waals surface area contributed by atoms with Crippen LogP contribution in [0.3, 0.4) is 0 Å². The van der Waals surface area contributed by atoms with Crippen LogP contribution in [0.15, 0.2) is 18.2 Å². The highest BCUT2D eigenvalue weighted by atomic mass is 35.5. The largest absolute Gasteiger partial charge is 0.488 e. The fraction of sp³-hybridized carbons (Fsp3) is 0.571. The Morgan fingerprint density at radius 3 is 3.11 bits per heavy atom. The molecule has 0 aliphatic carbocycles. The van der Waals surface area contributed by atoms with Gasteiger partial charge in [-0.1, -0.05) is 11.6 Å². The molecule has 0 aromatic heterocycles. The van der Waals surface area contributed by atoms with Gasteiger partial charge in [-0.15, -0.1) is 0 Å². The minimum Gasteiger partial charge on any atom is -0.488 e. The number of morpholine rings is 1. The summed E-state index contributed by atoms with van der Waals surface area (Å²) < 4.78 is 11.4. The smallest absolute Gasteiger partial charge is 0.123 e. The molecule has 0 bridgehead atoms. The van der Waals surface area contributed by atoms with Gasteiger partial charge in [0.05, 0.1) is 19.3 Å². The standard InChI is InChI=1S/C14H18ClNO3/c15-11-1-2-14-10(5-11)6-12(19-14)7-16-3-4-18-13(8-16)9-17/h1-2,5,12-13,17H,3-4,6-9H2. The van der Waals surface area contributed by atoms with Crippen LogP contribution in [0.4, 0.5) is 0 Å². The van der Waals surface area contributed by atoms with E-state index < -0.39 is 0 Å². The van der Waals surface area contributed by atoms with Gasteiger partial charge in [0.2, 0.25) is 0 Å². The minimum absolute atomic E-state index is 0.0630. The Balaban J connectivity index is 1.58. The second kappa shape index (κ2) is 5.67. The first-order valence-corrected chi connectivity index (χ1v) is 7.02. The fourth-order valence-electron chi connectivity index (χ4n) is 2.74. The highest BCUT2D eigenvalue weighted by Crippen LogP contribution is 2.31. The predicted octanol–water partition coefficient (Wildman–Crippen LogP) is 1.34. The molecule has 0 radical (unpaired) electrons. The molecule has 5 heteroatoms. The van der Waals surface area contributed by atoms with Gasteiger partial charge >= 0.3 is 0 Å². The monoisotopic (exact) mass is 283 g/mol. The van der Waals surface area contributed by atoms with Crippen molar-refractivity contribution in [3.63, 3.8) is 0 Å². The molecule has 0 saturated carbocycles. The molecule has 0 amide bonds.